The Kier molecular flexibility index (Phi) is 4.84. The Bertz CT molecular complexity index is 951. The van der Waals surface area contributed by atoms with Crippen molar-refractivity contribution in [2.45, 2.75) is 20.4 Å². The Morgan fingerprint density at radius 1 is 1.12 bits per heavy atom. The van der Waals surface area contributed by atoms with Crippen molar-refractivity contribution in [3.63, 3.8) is 0 Å². The molecular formula is C20H19F2N3O. The van der Waals surface area contributed by atoms with Gasteiger partial charge in [0.2, 0.25) is 0 Å². The average molecular weight is 355 g/mol. The third kappa shape index (κ3) is 3.35. The summed E-state index contributed by atoms with van der Waals surface area (Å²) in [6, 6.07) is 12.6. The third-order valence-corrected chi connectivity index (χ3v) is 4.35. The fourth-order valence-electron chi connectivity index (χ4n) is 2.90. The first-order valence-electron chi connectivity index (χ1n) is 8.19. The molecule has 0 aliphatic carbocycles. The van der Waals surface area contributed by atoms with Crippen LogP contribution < -0.4 is 0 Å². The number of nitrogens with zero attached hydrogens (tertiary/aromatic N) is 3. The highest BCUT2D eigenvalue weighted by Gasteiger charge is 2.20. The second kappa shape index (κ2) is 7.07. The van der Waals surface area contributed by atoms with Gasteiger partial charge in [0.1, 0.15) is 11.6 Å². The predicted octanol–water partition coefficient (Wildman–Crippen LogP) is 4.04. The van der Waals surface area contributed by atoms with Gasteiger partial charge in [0.25, 0.3) is 5.91 Å². The van der Waals surface area contributed by atoms with E-state index in [1.165, 1.54) is 4.90 Å². The van der Waals surface area contributed by atoms with Gasteiger partial charge >= 0.3 is 0 Å². The molecular weight excluding hydrogens is 336 g/mol. The van der Waals surface area contributed by atoms with Crippen LogP contribution in [-0.2, 0) is 6.54 Å². The molecule has 0 aliphatic heterocycles. The van der Waals surface area contributed by atoms with E-state index < -0.39 is 17.5 Å². The Balaban J connectivity index is 1.87. The molecule has 0 aliphatic rings. The summed E-state index contributed by atoms with van der Waals surface area (Å²) in [5, 5.41) is 4.55. The molecule has 0 atom stereocenters. The van der Waals surface area contributed by atoms with E-state index in [1.807, 2.05) is 48.9 Å². The van der Waals surface area contributed by atoms with Crippen molar-refractivity contribution in [3.05, 3.63) is 82.7 Å². The molecule has 134 valence electrons. The zero-order chi connectivity index (χ0) is 18.8. The van der Waals surface area contributed by atoms with E-state index in [2.05, 4.69) is 5.10 Å². The number of benzene rings is 2. The summed E-state index contributed by atoms with van der Waals surface area (Å²) in [6.45, 7) is 4.08. The molecule has 0 radical (unpaired) electrons. The van der Waals surface area contributed by atoms with Crippen LogP contribution in [0.3, 0.4) is 0 Å². The summed E-state index contributed by atoms with van der Waals surface area (Å²) >= 11 is 0. The van der Waals surface area contributed by atoms with Gasteiger partial charge in [-0.1, -0.05) is 18.2 Å². The molecule has 0 fully saturated rings. The van der Waals surface area contributed by atoms with Gasteiger partial charge in [0.05, 0.1) is 16.9 Å². The normalized spacial score (nSPS) is 10.8. The van der Waals surface area contributed by atoms with Gasteiger partial charge in [-0.2, -0.15) is 5.10 Å². The molecule has 2 aromatic carbocycles. The maximum atomic E-state index is 13.9. The summed E-state index contributed by atoms with van der Waals surface area (Å²) in [5.74, 6) is -2.08. The number of para-hydroxylation sites is 1. The van der Waals surface area contributed by atoms with Crippen LogP contribution in [0.2, 0.25) is 0 Å². The van der Waals surface area contributed by atoms with Crippen molar-refractivity contribution in [1.82, 2.24) is 14.7 Å². The van der Waals surface area contributed by atoms with Gasteiger partial charge in [-0.3, -0.25) is 4.79 Å². The number of amides is 1. The lowest BCUT2D eigenvalue weighted by Crippen LogP contribution is -2.27. The first-order chi connectivity index (χ1) is 12.4. The van der Waals surface area contributed by atoms with Crippen molar-refractivity contribution in [1.29, 1.82) is 0 Å². The lowest BCUT2D eigenvalue weighted by molar-refractivity contribution is 0.0780. The maximum absolute atomic E-state index is 13.9. The second-order valence-electron chi connectivity index (χ2n) is 6.18. The number of aryl methyl sites for hydroxylation is 1. The Morgan fingerprint density at radius 3 is 2.46 bits per heavy atom. The van der Waals surface area contributed by atoms with Crippen molar-refractivity contribution in [2.24, 2.45) is 0 Å². The lowest BCUT2D eigenvalue weighted by atomic mass is 10.1. The van der Waals surface area contributed by atoms with Crippen LogP contribution in [0.5, 0.6) is 0 Å². The molecule has 0 N–H and O–H groups in total. The molecule has 6 heteroatoms. The molecule has 0 bridgehead atoms. The molecule has 0 saturated carbocycles. The number of hydrogen-bond acceptors (Lipinski definition) is 2. The minimum atomic E-state index is -0.865. The third-order valence-electron chi connectivity index (χ3n) is 4.35. The lowest BCUT2D eigenvalue weighted by Gasteiger charge is -2.18. The van der Waals surface area contributed by atoms with E-state index in [4.69, 9.17) is 0 Å². The van der Waals surface area contributed by atoms with Gasteiger partial charge in [-0.15, -0.1) is 0 Å². The van der Waals surface area contributed by atoms with Gasteiger partial charge < -0.3 is 4.90 Å². The average Bonchev–Trinajstić information content (AvgIpc) is 2.90. The smallest absolute Gasteiger partial charge is 0.256 e. The first kappa shape index (κ1) is 17.8. The number of carbonyl (C=O) groups is 1. The Labute approximate surface area is 150 Å². The Hall–Kier alpha value is -3.02. The van der Waals surface area contributed by atoms with Crippen LogP contribution in [0, 0.1) is 25.5 Å². The van der Waals surface area contributed by atoms with E-state index in [0.29, 0.717) is 6.07 Å². The minimum Gasteiger partial charge on any atom is -0.337 e. The fourth-order valence-corrected chi connectivity index (χ4v) is 2.90. The van der Waals surface area contributed by atoms with Gasteiger partial charge in [-0.25, -0.2) is 13.5 Å². The quantitative estimate of drug-likeness (QED) is 0.708. The van der Waals surface area contributed by atoms with Crippen LogP contribution in [0.1, 0.15) is 27.3 Å². The minimum absolute atomic E-state index is 0.153. The van der Waals surface area contributed by atoms with Crippen molar-refractivity contribution < 1.29 is 13.6 Å². The Morgan fingerprint density at radius 2 is 1.81 bits per heavy atom. The molecule has 0 saturated heterocycles. The van der Waals surface area contributed by atoms with Crippen molar-refractivity contribution in [2.75, 3.05) is 7.05 Å². The van der Waals surface area contributed by atoms with Gasteiger partial charge in [0.15, 0.2) is 0 Å². The summed E-state index contributed by atoms with van der Waals surface area (Å²) < 4.78 is 28.8. The molecule has 1 heterocycles. The SMILES string of the molecule is Cc1nn(-c2ccccc2)c(C)c1CN(C)C(=O)c1ccc(F)cc1F. The van der Waals surface area contributed by atoms with Crippen LogP contribution in [0.25, 0.3) is 5.69 Å². The van der Waals surface area contributed by atoms with Crippen molar-refractivity contribution >= 4 is 5.91 Å². The van der Waals surface area contributed by atoms with E-state index >= 15 is 0 Å². The molecule has 1 amide bonds. The number of rotatable bonds is 4. The monoisotopic (exact) mass is 355 g/mol. The zero-order valence-corrected chi connectivity index (χ0v) is 14.8. The van der Waals surface area contributed by atoms with Crippen LogP contribution in [0.4, 0.5) is 8.78 Å². The number of hydrogen-bond donors (Lipinski definition) is 0. The highest BCUT2D eigenvalue weighted by Crippen LogP contribution is 2.20. The van der Waals surface area contributed by atoms with E-state index in [0.717, 1.165) is 34.8 Å². The fraction of sp³-hybridized carbons (Fsp3) is 0.200. The maximum Gasteiger partial charge on any atom is 0.256 e. The molecule has 3 rings (SSSR count). The zero-order valence-electron chi connectivity index (χ0n) is 14.8. The van der Waals surface area contributed by atoms with Gasteiger partial charge in [-0.05, 0) is 38.1 Å². The first-order valence-corrected chi connectivity index (χ1v) is 8.19. The van der Waals surface area contributed by atoms with Crippen LogP contribution >= 0.6 is 0 Å². The van der Waals surface area contributed by atoms with Crippen LogP contribution in [-0.4, -0.2) is 27.6 Å². The molecule has 0 spiro atoms. The predicted molar refractivity (Wildman–Crippen MR) is 95.2 cm³/mol. The van der Waals surface area contributed by atoms with E-state index in [1.54, 1.807) is 7.05 Å². The highest BCUT2D eigenvalue weighted by molar-refractivity contribution is 5.94. The van der Waals surface area contributed by atoms with Crippen LogP contribution in [0.15, 0.2) is 48.5 Å². The topological polar surface area (TPSA) is 38.1 Å². The molecule has 4 nitrogen and oxygen atoms in total. The molecule has 26 heavy (non-hydrogen) atoms. The summed E-state index contributed by atoms with van der Waals surface area (Å²) in [4.78, 5) is 13.9. The summed E-state index contributed by atoms with van der Waals surface area (Å²) in [6.07, 6.45) is 0. The van der Waals surface area contributed by atoms with E-state index in [9.17, 15) is 13.6 Å². The van der Waals surface area contributed by atoms with E-state index in [-0.39, 0.29) is 12.1 Å². The summed E-state index contributed by atoms with van der Waals surface area (Å²) in [7, 11) is 1.59. The molecule has 3 aromatic rings. The highest BCUT2D eigenvalue weighted by atomic mass is 19.1. The molecule has 1 aromatic heterocycles. The number of halogens is 2. The van der Waals surface area contributed by atoms with Gasteiger partial charge in [0, 0.05) is 30.9 Å². The largest absolute Gasteiger partial charge is 0.337 e. The summed E-state index contributed by atoms with van der Waals surface area (Å²) in [5.41, 5.74) is 3.38. The number of carbonyl (C=O) groups excluding carboxylic acids is 1. The number of aromatic nitrogens is 2. The van der Waals surface area contributed by atoms with Crippen molar-refractivity contribution in [3.8, 4) is 5.69 Å². The second-order valence-corrected chi connectivity index (χ2v) is 6.18. The molecule has 0 unspecified atom stereocenters. The standard InChI is InChI=1S/C20H19F2N3O/c1-13-18(14(2)25(23-13)16-7-5-4-6-8-16)12-24(3)20(26)17-10-9-15(21)11-19(17)22/h4-11H,12H2,1-3H3.